The normalized spacial score (nSPS) is 18.9. The van der Waals surface area contributed by atoms with Crippen molar-refractivity contribution >= 4 is 29.3 Å². The van der Waals surface area contributed by atoms with Gasteiger partial charge < -0.3 is 14.2 Å². The molecule has 2 aliphatic rings. The molecule has 4 rings (SSSR count). The molecule has 0 radical (unpaired) electrons. The first-order chi connectivity index (χ1) is 16.5. The first kappa shape index (κ1) is 24.7. The SMILES string of the molecule is Cc1cccc(C(=O)OCCOCCN2CCOCC2)c1N1C(=O)CSC1c1ccc(F)cc1. The molecule has 2 aliphatic heterocycles. The predicted octanol–water partition coefficient (Wildman–Crippen LogP) is 3.42. The van der Waals surface area contributed by atoms with E-state index in [1.54, 1.807) is 29.2 Å². The molecule has 182 valence electrons. The Hall–Kier alpha value is -2.46. The van der Waals surface area contributed by atoms with Gasteiger partial charge in [0.1, 0.15) is 17.8 Å². The highest BCUT2D eigenvalue weighted by Gasteiger charge is 2.37. The van der Waals surface area contributed by atoms with Crippen LogP contribution >= 0.6 is 11.8 Å². The van der Waals surface area contributed by atoms with Crippen LogP contribution in [0.5, 0.6) is 0 Å². The summed E-state index contributed by atoms with van der Waals surface area (Å²) in [6.45, 7) is 6.96. The Bertz CT molecular complexity index is 997. The summed E-state index contributed by atoms with van der Waals surface area (Å²) in [6, 6.07) is 11.4. The zero-order valence-corrected chi connectivity index (χ0v) is 20.0. The number of benzene rings is 2. The number of hydrogen-bond donors (Lipinski definition) is 0. The quantitative estimate of drug-likeness (QED) is 0.396. The summed E-state index contributed by atoms with van der Waals surface area (Å²) >= 11 is 1.45. The van der Waals surface area contributed by atoms with Crippen LogP contribution < -0.4 is 4.90 Å². The number of carbonyl (C=O) groups excluding carboxylic acids is 2. The van der Waals surface area contributed by atoms with E-state index in [0.29, 0.717) is 24.5 Å². The molecule has 0 N–H and O–H groups in total. The van der Waals surface area contributed by atoms with Gasteiger partial charge in [-0.15, -0.1) is 11.8 Å². The van der Waals surface area contributed by atoms with Gasteiger partial charge in [0, 0.05) is 19.6 Å². The number of rotatable bonds is 9. The summed E-state index contributed by atoms with van der Waals surface area (Å²) in [7, 11) is 0. The molecule has 0 spiro atoms. The molecule has 0 aliphatic carbocycles. The number of aryl methyl sites for hydroxylation is 1. The van der Waals surface area contributed by atoms with Gasteiger partial charge in [0.25, 0.3) is 0 Å². The van der Waals surface area contributed by atoms with Crippen molar-refractivity contribution in [3.63, 3.8) is 0 Å². The minimum atomic E-state index is -0.502. The first-order valence-corrected chi connectivity index (χ1v) is 12.4. The van der Waals surface area contributed by atoms with Crippen molar-refractivity contribution in [2.75, 3.05) is 63.3 Å². The molecule has 7 nitrogen and oxygen atoms in total. The maximum atomic E-state index is 13.4. The van der Waals surface area contributed by atoms with Crippen LogP contribution in [0, 0.1) is 12.7 Å². The Morgan fingerprint density at radius 1 is 1.12 bits per heavy atom. The lowest BCUT2D eigenvalue weighted by Gasteiger charge is -2.27. The van der Waals surface area contributed by atoms with Crippen LogP contribution in [0.4, 0.5) is 10.1 Å². The Labute approximate surface area is 203 Å². The standard InChI is InChI=1S/C25H29FN2O5S/c1-18-3-2-4-21(25(30)33-16-15-32-14-11-27-9-12-31-13-10-27)23(18)28-22(29)17-34-24(28)19-5-7-20(26)8-6-19/h2-8,24H,9-17H2,1H3. The van der Waals surface area contributed by atoms with E-state index < -0.39 is 5.97 Å². The summed E-state index contributed by atoms with van der Waals surface area (Å²) < 4.78 is 29.9. The van der Waals surface area contributed by atoms with Gasteiger partial charge in [-0.25, -0.2) is 9.18 Å². The van der Waals surface area contributed by atoms with Crippen LogP contribution in [-0.4, -0.2) is 75.2 Å². The third-order valence-corrected chi connectivity index (χ3v) is 7.05. The number of esters is 1. The maximum Gasteiger partial charge on any atom is 0.340 e. The van der Waals surface area contributed by atoms with Crippen molar-refractivity contribution in [3.8, 4) is 0 Å². The van der Waals surface area contributed by atoms with E-state index >= 15 is 0 Å². The molecule has 9 heteroatoms. The minimum absolute atomic E-state index is 0.103. The van der Waals surface area contributed by atoms with Gasteiger partial charge in [-0.05, 0) is 36.2 Å². The highest BCUT2D eigenvalue weighted by atomic mass is 32.2. The Morgan fingerprint density at radius 2 is 1.88 bits per heavy atom. The number of amides is 1. The molecule has 0 saturated carbocycles. The van der Waals surface area contributed by atoms with Crippen LogP contribution in [-0.2, 0) is 19.0 Å². The molecule has 1 atom stereocenters. The number of nitrogens with zero attached hydrogens (tertiary/aromatic N) is 2. The topological polar surface area (TPSA) is 68.3 Å². The third-order valence-electron chi connectivity index (χ3n) is 5.84. The van der Waals surface area contributed by atoms with E-state index in [1.165, 1.54) is 23.9 Å². The molecule has 1 unspecified atom stereocenters. The zero-order chi connectivity index (χ0) is 23.9. The maximum absolute atomic E-state index is 13.4. The van der Waals surface area contributed by atoms with Crippen LogP contribution in [0.3, 0.4) is 0 Å². The molecule has 34 heavy (non-hydrogen) atoms. The molecule has 2 aromatic carbocycles. The van der Waals surface area contributed by atoms with Gasteiger partial charge in [-0.2, -0.15) is 0 Å². The van der Waals surface area contributed by atoms with Gasteiger partial charge in [-0.3, -0.25) is 14.6 Å². The number of thioether (sulfide) groups is 1. The smallest absolute Gasteiger partial charge is 0.340 e. The fraction of sp³-hybridized carbons (Fsp3) is 0.440. The Balaban J connectivity index is 1.39. The molecule has 2 saturated heterocycles. The molecule has 2 fully saturated rings. The van der Waals surface area contributed by atoms with Crippen molar-refractivity contribution in [2.45, 2.75) is 12.3 Å². The monoisotopic (exact) mass is 488 g/mol. The van der Waals surface area contributed by atoms with E-state index in [1.807, 2.05) is 13.0 Å². The predicted molar refractivity (Wildman–Crippen MR) is 129 cm³/mol. The van der Waals surface area contributed by atoms with Crippen molar-refractivity contribution < 1.29 is 28.2 Å². The first-order valence-electron chi connectivity index (χ1n) is 11.4. The van der Waals surface area contributed by atoms with Gasteiger partial charge in [-0.1, -0.05) is 24.3 Å². The number of hydrogen-bond acceptors (Lipinski definition) is 7. The second kappa shape index (κ2) is 11.8. The van der Waals surface area contributed by atoms with Gasteiger partial charge in [0.15, 0.2) is 0 Å². The number of halogens is 1. The number of morpholine rings is 1. The van der Waals surface area contributed by atoms with Crippen molar-refractivity contribution in [1.82, 2.24) is 4.90 Å². The molecule has 1 amide bonds. The van der Waals surface area contributed by atoms with E-state index in [-0.39, 0.29) is 29.5 Å². The van der Waals surface area contributed by atoms with Crippen molar-refractivity contribution in [2.24, 2.45) is 0 Å². The average Bonchev–Trinajstić information content (AvgIpc) is 3.23. The molecule has 2 aromatic rings. The second-order valence-electron chi connectivity index (χ2n) is 8.15. The van der Waals surface area contributed by atoms with E-state index in [9.17, 15) is 14.0 Å². The summed E-state index contributed by atoms with van der Waals surface area (Å²) in [5.74, 6) is -0.661. The summed E-state index contributed by atoms with van der Waals surface area (Å²) in [4.78, 5) is 29.7. The van der Waals surface area contributed by atoms with E-state index in [0.717, 1.165) is 44.0 Å². The minimum Gasteiger partial charge on any atom is -0.460 e. The van der Waals surface area contributed by atoms with Gasteiger partial charge in [0.2, 0.25) is 5.91 Å². The molecule has 0 bridgehead atoms. The molecular formula is C25H29FN2O5S. The second-order valence-corrected chi connectivity index (χ2v) is 9.22. The fourth-order valence-corrected chi connectivity index (χ4v) is 5.24. The van der Waals surface area contributed by atoms with Crippen molar-refractivity contribution in [3.05, 3.63) is 65.0 Å². The number of ether oxygens (including phenoxy) is 3. The van der Waals surface area contributed by atoms with Crippen LogP contribution in [0.2, 0.25) is 0 Å². The molecule has 2 heterocycles. The Kier molecular flexibility index (Phi) is 8.55. The average molecular weight is 489 g/mol. The van der Waals surface area contributed by atoms with E-state index in [2.05, 4.69) is 4.90 Å². The van der Waals surface area contributed by atoms with Gasteiger partial charge in [0.05, 0.1) is 43.4 Å². The fourth-order valence-electron chi connectivity index (χ4n) is 4.07. The number of anilines is 1. The summed E-state index contributed by atoms with van der Waals surface area (Å²) in [5.41, 5.74) is 2.45. The Morgan fingerprint density at radius 3 is 2.65 bits per heavy atom. The lowest BCUT2D eigenvalue weighted by molar-refractivity contribution is -0.115. The van der Waals surface area contributed by atoms with Gasteiger partial charge >= 0.3 is 5.97 Å². The number of para-hydroxylation sites is 1. The zero-order valence-electron chi connectivity index (χ0n) is 19.2. The largest absolute Gasteiger partial charge is 0.460 e. The molecule has 0 aromatic heterocycles. The van der Waals surface area contributed by atoms with Crippen molar-refractivity contribution in [1.29, 1.82) is 0 Å². The lowest BCUT2D eigenvalue weighted by Crippen LogP contribution is -2.38. The van der Waals surface area contributed by atoms with Crippen LogP contribution in [0.15, 0.2) is 42.5 Å². The third kappa shape index (κ3) is 5.96. The highest BCUT2D eigenvalue weighted by Crippen LogP contribution is 2.44. The number of carbonyl (C=O) groups is 2. The van der Waals surface area contributed by atoms with Crippen LogP contribution in [0.25, 0.3) is 0 Å². The summed E-state index contributed by atoms with van der Waals surface area (Å²) in [6.07, 6.45) is 0. The highest BCUT2D eigenvalue weighted by molar-refractivity contribution is 8.00. The summed E-state index contributed by atoms with van der Waals surface area (Å²) in [5, 5.41) is -0.343. The van der Waals surface area contributed by atoms with Crippen LogP contribution in [0.1, 0.15) is 26.9 Å². The lowest BCUT2D eigenvalue weighted by atomic mass is 10.1. The molecular weight excluding hydrogens is 459 g/mol. The van der Waals surface area contributed by atoms with E-state index in [4.69, 9.17) is 14.2 Å².